The van der Waals surface area contributed by atoms with Crippen molar-refractivity contribution < 1.29 is 9.15 Å². The molecule has 2 aromatic heterocycles. The second kappa shape index (κ2) is 6.77. The van der Waals surface area contributed by atoms with E-state index in [9.17, 15) is 4.79 Å². The van der Waals surface area contributed by atoms with Crippen molar-refractivity contribution in [1.29, 1.82) is 0 Å². The molecule has 7 heteroatoms. The summed E-state index contributed by atoms with van der Waals surface area (Å²) in [5.74, 6) is 1.31. The summed E-state index contributed by atoms with van der Waals surface area (Å²) in [4.78, 5) is 17.4. The Morgan fingerprint density at radius 3 is 2.67 bits per heavy atom. The molecule has 0 saturated carbocycles. The summed E-state index contributed by atoms with van der Waals surface area (Å²) >= 11 is 1.33. The lowest BCUT2D eigenvalue weighted by molar-refractivity contribution is 0.415. The molecule has 0 fully saturated rings. The molecular weight excluding hydrogens is 362 g/mol. The zero-order chi connectivity index (χ0) is 19.0. The Kier molecular flexibility index (Phi) is 4.29. The Hall–Kier alpha value is -3.32. The lowest BCUT2D eigenvalue weighted by Crippen LogP contribution is -2.01. The third-order valence-corrected chi connectivity index (χ3v) is 5.12. The quantitative estimate of drug-likeness (QED) is 0.540. The van der Waals surface area contributed by atoms with Gasteiger partial charge in [-0.1, -0.05) is 29.0 Å². The van der Waals surface area contributed by atoms with Crippen molar-refractivity contribution in [1.82, 2.24) is 4.98 Å². The van der Waals surface area contributed by atoms with Gasteiger partial charge < -0.3 is 20.2 Å². The second-order valence-corrected chi connectivity index (χ2v) is 7.06. The Balaban J connectivity index is 1.72. The Labute approximate surface area is 159 Å². The molecule has 4 aromatic rings. The molecule has 0 amide bonds. The smallest absolute Gasteiger partial charge is 0.193 e. The number of benzene rings is 2. The highest BCUT2D eigenvalue weighted by Gasteiger charge is 2.15. The third-order valence-electron chi connectivity index (χ3n) is 4.11. The van der Waals surface area contributed by atoms with Gasteiger partial charge in [-0.3, -0.25) is 4.79 Å². The van der Waals surface area contributed by atoms with Crippen molar-refractivity contribution in [3.63, 3.8) is 0 Å². The topological polar surface area (TPSA) is 90.4 Å². The molecule has 0 bridgehead atoms. The number of hydrogen-bond acceptors (Lipinski definition) is 7. The van der Waals surface area contributed by atoms with Crippen LogP contribution in [-0.2, 0) is 0 Å². The first-order valence-corrected chi connectivity index (χ1v) is 9.07. The lowest BCUT2D eigenvalue weighted by atomic mass is 10.2. The van der Waals surface area contributed by atoms with Crippen molar-refractivity contribution in [2.24, 2.45) is 0 Å². The van der Waals surface area contributed by atoms with Crippen LogP contribution in [0.5, 0.6) is 5.75 Å². The number of methoxy groups -OCH3 is 1. The van der Waals surface area contributed by atoms with Crippen LogP contribution in [0.15, 0.2) is 57.7 Å². The minimum absolute atomic E-state index is 0.161. The molecule has 0 radical (unpaired) electrons. The molecule has 6 nitrogen and oxygen atoms in total. The van der Waals surface area contributed by atoms with Gasteiger partial charge in [0.2, 0.25) is 0 Å². The van der Waals surface area contributed by atoms with Crippen LogP contribution in [0.3, 0.4) is 0 Å². The predicted molar refractivity (Wildman–Crippen MR) is 109 cm³/mol. The van der Waals surface area contributed by atoms with E-state index in [0.717, 1.165) is 5.69 Å². The third kappa shape index (κ3) is 3.37. The number of anilines is 3. The first-order chi connectivity index (χ1) is 13.0. The Morgan fingerprint density at radius 2 is 1.93 bits per heavy atom. The fourth-order valence-corrected chi connectivity index (χ4v) is 3.55. The average molecular weight is 379 g/mol. The van der Waals surface area contributed by atoms with Gasteiger partial charge >= 0.3 is 0 Å². The van der Waals surface area contributed by atoms with Crippen molar-refractivity contribution >= 4 is 38.9 Å². The van der Waals surface area contributed by atoms with Gasteiger partial charge in [-0.25, -0.2) is 4.98 Å². The Bertz CT molecular complexity index is 1180. The summed E-state index contributed by atoms with van der Waals surface area (Å²) < 4.78 is 11.1. The standard InChI is InChI=1S/C20H17N3O3S/c1-11-3-5-12(6-4-11)22-20-23-19(21)18(27-20)17-10-15(24)14-9-13(25-2)7-8-16(14)26-17/h3-10H,21H2,1-2H3,(H,22,23). The summed E-state index contributed by atoms with van der Waals surface area (Å²) in [6.45, 7) is 2.03. The zero-order valence-electron chi connectivity index (χ0n) is 14.8. The summed E-state index contributed by atoms with van der Waals surface area (Å²) in [5.41, 5.74) is 8.46. The van der Waals surface area contributed by atoms with E-state index in [4.69, 9.17) is 14.9 Å². The zero-order valence-corrected chi connectivity index (χ0v) is 15.6. The van der Waals surface area contributed by atoms with Crippen molar-refractivity contribution in [2.75, 3.05) is 18.2 Å². The minimum Gasteiger partial charge on any atom is -0.497 e. The van der Waals surface area contributed by atoms with Crippen LogP contribution in [0.1, 0.15) is 5.56 Å². The van der Waals surface area contributed by atoms with E-state index in [0.29, 0.717) is 38.3 Å². The maximum Gasteiger partial charge on any atom is 0.193 e. The highest BCUT2D eigenvalue weighted by Crippen LogP contribution is 2.36. The van der Waals surface area contributed by atoms with Gasteiger partial charge in [0, 0.05) is 11.8 Å². The van der Waals surface area contributed by atoms with E-state index in [-0.39, 0.29) is 5.43 Å². The number of aromatic nitrogens is 1. The molecule has 0 saturated heterocycles. The molecule has 3 N–H and O–H groups in total. The number of aryl methyl sites for hydroxylation is 1. The molecule has 136 valence electrons. The number of ether oxygens (including phenoxy) is 1. The van der Waals surface area contributed by atoms with Crippen LogP contribution in [0.25, 0.3) is 21.6 Å². The van der Waals surface area contributed by atoms with E-state index in [1.807, 2.05) is 31.2 Å². The summed E-state index contributed by atoms with van der Waals surface area (Å²) in [7, 11) is 1.55. The van der Waals surface area contributed by atoms with E-state index >= 15 is 0 Å². The molecule has 0 atom stereocenters. The maximum absolute atomic E-state index is 12.5. The maximum atomic E-state index is 12.5. The molecule has 2 heterocycles. The molecule has 0 spiro atoms. The van der Waals surface area contributed by atoms with Gasteiger partial charge in [0.1, 0.15) is 22.0 Å². The SMILES string of the molecule is COc1ccc2oc(-c3sc(Nc4ccc(C)cc4)nc3N)cc(=O)c2c1. The molecule has 0 aliphatic carbocycles. The van der Waals surface area contributed by atoms with Gasteiger partial charge in [-0.05, 0) is 37.3 Å². The van der Waals surface area contributed by atoms with Gasteiger partial charge in [0.15, 0.2) is 16.3 Å². The van der Waals surface area contributed by atoms with Crippen LogP contribution in [-0.4, -0.2) is 12.1 Å². The minimum atomic E-state index is -0.161. The monoisotopic (exact) mass is 379 g/mol. The first kappa shape index (κ1) is 17.1. The fraction of sp³-hybridized carbons (Fsp3) is 0.100. The van der Waals surface area contributed by atoms with E-state index < -0.39 is 0 Å². The van der Waals surface area contributed by atoms with Crippen LogP contribution >= 0.6 is 11.3 Å². The van der Waals surface area contributed by atoms with Crippen LogP contribution in [0, 0.1) is 6.92 Å². The normalized spacial score (nSPS) is 10.9. The van der Waals surface area contributed by atoms with E-state index in [1.54, 1.807) is 25.3 Å². The first-order valence-electron chi connectivity index (χ1n) is 8.26. The van der Waals surface area contributed by atoms with Crippen molar-refractivity contribution in [3.8, 4) is 16.4 Å². The highest BCUT2D eigenvalue weighted by molar-refractivity contribution is 7.19. The molecule has 2 aromatic carbocycles. The molecule has 0 unspecified atom stereocenters. The lowest BCUT2D eigenvalue weighted by Gasteiger charge is -2.04. The molecule has 0 aliphatic rings. The number of rotatable bonds is 4. The highest BCUT2D eigenvalue weighted by atomic mass is 32.1. The number of nitrogens with zero attached hydrogens (tertiary/aromatic N) is 1. The van der Waals surface area contributed by atoms with Crippen molar-refractivity contribution in [3.05, 3.63) is 64.3 Å². The largest absolute Gasteiger partial charge is 0.497 e. The second-order valence-electron chi connectivity index (χ2n) is 6.06. The van der Waals surface area contributed by atoms with E-state index in [1.165, 1.54) is 23.0 Å². The number of hydrogen-bond donors (Lipinski definition) is 2. The van der Waals surface area contributed by atoms with Crippen LogP contribution in [0.2, 0.25) is 0 Å². The molecule has 27 heavy (non-hydrogen) atoms. The number of nitrogen functional groups attached to an aromatic ring is 1. The predicted octanol–water partition coefficient (Wildman–Crippen LogP) is 4.56. The number of nitrogens with two attached hydrogens (primary N) is 1. The summed E-state index contributed by atoms with van der Waals surface area (Å²) in [5, 5.41) is 4.31. The summed E-state index contributed by atoms with van der Waals surface area (Å²) in [6.07, 6.45) is 0. The number of nitrogens with one attached hydrogen (secondary N) is 1. The van der Waals surface area contributed by atoms with Crippen molar-refractivity contribution in [2.45, 2.75) is 6.92 Å². The fourth-order valence-electron chi connectivity index (χ4n) is 2.70. The van der Waals surface area contributed by atoms with Gasteiger partial charge in [0.05, 0.1) is 12.5 Å². The summed E-state index contributed by atoms with van der Waals surface area (Å²) in [6, 6.07) is 14.5. The van der Waals surface area contributed by atoms with Crippen LogP contribution in [0.4, 0.5) is 16.6 Å². The number of thiazole rings is 1. The van der Waals surface area contributed by atoms with Gasteiger partial charge in [-0.15, -0.1) is 0 Å². The van der Waals surface area contributed by atoms with Crippen LogP contribution < -0.4 is 21.2 Å². The van der Waals surface area contributed by atoms with Gasteiger partial charge in [0.25, 0.3) is 0 Å². The molecule has 4 rings (SSSR count). The molecule has 0 aliphatic heterocycles. The molecular formula is C20H17N3O3S. The average Bonchev–Trinajstić information content (AvgIpc) is 3.03. The Morgan fingerprint density at radius 1 is 1.15 bits per heavy atom. The van der Waals surface area contributed by atoms with Gasteiger partial charge in [-0.2, -0.15) is 0 Å². The number of fused-ring (bicyclic) bond motifs is 1. The van der Waals surface area contributed by atoms with E-state index in [2.05, 4.69) is 10.3 Å².